The minimum absolute atomic E-state index is 0.135. The summed E-state index contributed by atoms with van der Waals surface area (Å²) in [5.74, 6) is 0.545. The van der Waals surface area contributed by atoms with Crippen LogP contribution in [0.4, 0.5) is 8.78 Å². The van der Waals surface area contributed by atoms with Gasteiger partial charge < -0.3 is 4.74 Å². The molecule has 1 aromatic heterocycles. The van der Waals surface area contributed by atoms with E-state index in [-0.39, 0.29) is 5.75 Å². The molecule has 2 rings (SSSR count). The van der Waals surface area contributed by atoms with Gasteiger partial charge in [0.05, 0.1) is 12.1 Å². The van der Waals surface area contributed by atoms with E-state index in [0.29, 0.717) is 5.88 Å². The molecule has 1 heterocycles. The van der Waals surface area contributed by atoms with Gasteiger partial charge in [-0.3, -0.25) is 0 Å². The van der Waals surface area contributed by atoms with Crippen LogP contribution in [0.5, 0.6) is 5.75 Å². The molecule has 0 spiro atoms. The van der Waals surface area contributed by atoms with Gasteiger partial charge in [-0.25, -0.2) is 4.68 Å². The summed E-state index contributed by atoms with van der Waals surface area (Å²) in [7, 11) is 0. The Bertz CT molecular complexity index is 552. The first-order valence-corrected chi connectivity index (χ1v) is 6.03. The second kappa shape index (κ2) is 6.33. The van der Waals surface area contributed by atoms with Crippen LogP contribution in [0.2, 0.25) is 0 Å². The van der Waals surface area contributed by atoms with Crippen LogP contribution in [0.3, 0.4) is 0 Å². The lowest BCUT2D eigenvalue weighted by atomic mass is 10.2. The molecule has 6 heteroatoms. The molecule has 0 N–H and O–H groups in total. The lowest BCUT2D eigenvalue weighted by Gasteiger charge is -2.03. The van der Waals surface area contributed by atoms with Gasteiger partial charge in [0.2, 0.25) is 0 Å². The predicted molar refractivity (Wildman–Crippen MR) is 70.1 cm³/mol. The number of benzene rings is 1. The number of hydrogen-bond donors (Lipinski definition) is 0. The topological polar surface area (TPSA) is 27.1 Å². The molecule has 0 saturated carbocycles. The Morgan fingerprint density at radius 2 is 2.05 bits per heavy atom. The molecule has 0 saturated heterocycles. The molecule has 0 fully saturated rings. The largest absolute Gasteiger partial charge is 0.435 e. The van der Waals surface area contributed by atoms with Crippen molar-refractivity contribution in [3.8, 4) is 5.75 Å². The lowest BCUT2D eigenvalue weighted by molar-refractivity contribution is -0.0498. The zero-order chi connectivity index (χ0) is 13.7. The predicted octanol–water partition coefficient (Wildman–Crippen LogP) is 3.85. The summed E-state index contributed by atoms with van der Waals surface area (Å²) in [6.45, 7) is -2.81. The van der Waals surface area contributed by atoms with E-state index in [1.807, 2.05) is 0 Å². The maximum Gasteiger partial charge on any atom is 0.387 e. The summed E-state index contributed by atoms with van der Waals surface area (Å²) in [4.78, 5) is 0. The maximum absolute atomic E-state index is 12.0. The van der Waals surface area contributed by atoms with Gasteiger partial charge in [-0.15, -0.1) is 11.6 Å². The summed E-state index contributed by atoms with van der Waals surface area (Å²) < 4.78 is 29.8. The Morgan fingerprint density at radius 1 is 1.32 bits per heavy atom. The number of hydrogen-bond acceptors (Lipinski definition) is 2. The Labute approximate surface area is 114 Å². The number of halogens is 3. The van der Waals surface area contributed by atoms with E-state index in [1.165, 1.54) is 12.1 Å². The second-order valence-electron chi connectivity index (χ2n) is 3.73. The molecular formula is C13H11ClF2N2O. The standard InChI is InChI=1S/C13H11ClF2N2O/c14-7-11-8-17-18(9-11)6-5-10-1-3-12(4-2-10)19-13(15)16/h1-6,8-9,13H,7H2. The third-order valence-corrected chi connectivity index (χ3v) is 2.64. The van der Waals surface area contributed by atoms with E-state index in [2.05, 4.69) is 9.84 Å². The third-order valence-electron chi connectivity index (χ3n) is 2.33. The Morgan fingerprint density at radius 3 is 2.63 bits per heavy atom. The Kier molecular flexibility index (Phi) is 4.52. The van der Waals surface area contributed by atoms with Gasteiger partial charge in [0.15, 0.2) is 0 Å². The summed E-state index contributed by atoms with van der Waals surface area (Å²) in [5.41, 5.74) is 1.77. The van der Waals surface area contributed by atoms with Crippen molar-refractivity contribution in [1.82, 2.24) is 9.78 Å². The highest BCUT2D eigenvalue weighted by molar-refractivity contribution is 6.17. The normalized spacial score (nSPS) is 11.4. The number of rotatable bonds is 5. The highest BCUT2D eigenvalue weighted by Gasteiger charge is 2.02. The zero-order valence-corrected chi connectivity index (χ0v) is 10.6. The second-order valence-corrected chi connectivity index (χ2v) is 3.99. The Balaban J connectivity index is 2.02. The zero-order valence-electron chi connectivity index (χ0n) is 9.84. The summed E-state index contributed by atoms with van der Waals surface area (Å²) in [6, 6.07) is 6.33. The SMILES string of the molecule is FC(F)Oc1ccc(C=Cn2cc(CCl)cn2)cc1. The molecule has 2 aromatic rings. The van der Waals surface area contributed by atoms with Crippen molar-refractivity contribution < 1.29 is 13.5 Å². The molecule has 100 valence electrons. The van der Waals surface area contributed by atoms with Gasteiger partial charge in [0.25, 0.3) is 0 Å². The summed E-state index contributed by atoms with van der Waals surface area (Å²) in [5, 5.41) is 4.08. The van der Waals surface area contributed by atoms with Crippen LogP contribution in [0.1, 0.15) is 11.1 Å². The molecule has 0 radical (unpaired) electrons. The fourth-order valence-electron chi connectivity index (χ4n) is 1.45. The van der Waals surface area contributed by atoms with Crippen molar-refractivity contribution in [2.45, 2.75) is 12.5 Å². The molecular weight excluding hydrogens is 274 g/mol. The minimum atomic E-state index is -2.81. The van der Waals surface area contributed by atoms with E-state index < -0.39 is 6.61 Å². The molecule has 0 aliphatic heterocycles. The highest BCUT2D eigenvalue weighted by atomic mass is 35.5. The number of ether oxygens (including phenoxy) is 1. The summed E-state index contributed by atoms with van der Waals surface area (Å²) in [6.07, 6.45) is 7.03. The monoisotopic (exact) mass is 284 g/mol. The first-order chi connectivity index (χ1) is 9.17. The van der Waals surface area contributed by atoms with Crippen molar-refractivity contribution >= 4 is 23.9 Å². The van der Waals surface area contributed by atoms with E-state index in [9.17, 15) is 8.78 Å². The van der Waals surface area contributed by atoms with Gasteiger partial charge in [-0.1, -0.05) is 12.1 Å². The van der Waals surface area contributed by atoms with Crippen LogP contribution in [-0.4, -0.2) is 16.4 Å². The van der Waals surface area contributed by atoms with Gasteiger partial charge >= 0.3 is 6.61 Å². The van der Waals surface area contributed by atoms with Crippen molar-refractivity contribution in [3.05, 3.63) is 47.8 Å². The molecule has 0 atom stereocenters. The van der Waals surface area contributed by atoms with Crippen molar-refractivity contribution in [3.63, 3.8) is 0 Å². The van der Waals surface area contributed by atoms with Gasteiger partial charge in [0, 0.05) is 18.0 Å². The van der Waals surface area contributed by atoms with Crippen LogP contribution >= 0.6 is 11.6 Å². The average Bonchev–Trinajstić information content (AvgIpc) is 2.85. The van der Waals surface area contributed by atoms with Crippen LogP contribution in [0.25, 0.3) is 12.3 Å². The Hall–Kier alpha value is -1.88. The molecule has 0 unspecified atom stereocenters. The number of alkyl halides is 3. The molecule has 3 nitrogen and oxygen atoms in total. The van der Waals surface area contributed by atoms with E-state index in [4.69, 9.17) is 11.6 Å². The van der Waals surface area contributed by atoms with E-state index in [1.54, 1.807) is 41.5 Å². The fourth-order valence-corrected chi connectivity index (χ4v) is 1.59. The third kappa shape index (κ3) is 4.06. The fraction of sp³-hybridized carbons (Fsp3) is 0.154. The number of aromatic nitrogens is 2. The minimum Gasteiger partial charge on any atom is -0.435 e. The van der Waals surface area contributed by atoms with Crippen molar-refractivity contribution in [1.29, 1.82) is 0 Å². The van der Waals surface area contributed by atoms with Crippen LogP contribution in [0.15, 0.2) is 36.7 Å². The molecule has 1 aromatic carbocycles. The van der Waals surface area contributed by atoms with E-state index >= 15 is 0 Å². The first-order valence-electron chi connectivity index (χ1n) is 5.49. The molecule has 19 heavy (non-hydrogen) atoms. The molecule has 0 bridgehead atoms. The van der Waals surface area contributed by atoms with Gasteiger partial charge in [-0.2, -0.15) is 13.9 Å². The van der Waals surface area contributed by atoms with Gasteiger partial charge in [-0.05, 0) is 23.8 Å². The molecule has 0 aliphatic carbocycles. The van der Waals surface area contributed by atoms with Crippen molar-refractivity contribution in [2.75, 3.05) is 0 Å². The average molecular weight is 285 g/mol. The van der Waals surface area contributed by atoms with Gasteiger partial charge in [0.1, 0.15) is 5.75 Å². The van der Waals surface area contributed by atoms with Crippen LogP contribution in [0, 0.1) is 0 Å². The van der Waals surface area contributed by atoms with Crippen LogP contribution in [-0.2, 0) is 5.88 Å². The molecule has 0 aliphatic rings. The summed E-state index contributed by atoms with van der Waals surface area (Å²) >= 11 is 5.66. The van der Waals surface area contributed by atoms with Crippen molar-refractivity contribution in [2.24, 2.45) is 0 Å². The maximum atomic E-state index is 12.0. The lowest BCUT2D eigenvalue weighted by Crippen LogP contribution is -2.01. The van der Waals surface area contributed by atoms with Crippen LogP contribution < -0.4 is 4.74 Å². The number of nitrogens with zero attached hydrogens (tertiary/aromatic N) is 2. The first kappa shape index (κ1) is 13.5. The molecule has 0 amide bonds. The van der Waals surface area contributed by atoms with E-state index in [0.717, 1.165) is 11.1 Å². The smallest absolute Gasteiger partial charge is 0.387 e. The quantitative estimate of drug-likeness (QED) is 0.780. The highest BCUT2D eigenvalue weighted by Crippen LogP contribution is 2.15.